The topological polar surface area (TPSA) is 0 Å². The molecule has 0 saturated heterocycles. The molecule has 0 aromatic heterocycles. The summed E-state index contributed by atoms with van der Waals surface area (Å²) >= 11 is 3.45. The van der Waals surface area contributed by atoms with Crippen LogP contribution >= 0.6 is 15.9 Å². The Hall–Kier alpha value is -0.0400. The predicted molar refractivity (Wildman–Crippen MR) is 70.1 cm³/mol. The Morgan fingerprint density at radius 1 is 0.929 bits per heavy atom. The van der Waals surface area contributed by atoms with Gasteiger partial charge in [0, 0.05) is 5.33 Å². The van der Waals surface area contributed by atoms with Crippen LogP contribution in [0.25, 0.3) is 0 Å². The van der Waals surface area contributed by atoms with Crippen molar-refractivity contribution in [2.45, 2.75) is 52.9 Å². The minimum atomic E-state index is 0.994. The van der Waals surface area contributed by atoms with Crippen molar-refractivity contribution in [1.29, 1.82) is 0 Å². The van der Waals surface area contributed by atoms with Crippen LogP contribution < -0.4 is 0 Å². The fourth-order valence-electron chi connectivity index (χ4n) is 1.53. The molecule has 0 saturated carbocycles. The molecule has 0 rings (SSSR count). The molecular formula is C13H23Br. The fourth-order valence-corrected chi connectivity index (χ4v) is 1.99. The highest BCUT2D eigenvalue weighted by molar-refractivity contribution is 9.09. The molecule has 0 nitrogen and oxygen atoms in total. The standard InChI is InChI=1S/C13H23Br/c1-4-12(5-2)8-7-9-13(6-3)10-11-14/h8,10H,4-7,9,11H2,1-3H3. The van der Waals surface area contributed by atoms with E-state index in [1.165, 1.54) is 32.1 Å². The van der Waals surface area contributed by atoms with E-state index in [4.69, 9.17) is 0 Å². The minimum absolute atomic E-state index is 0.994. The van der Waals surface area contributed by atoms with Crippen LogP contribution in [-0.4, -0.2) is 5.33 Å². The Kier molecular flexibility index (Phi) is 9.49. The van der Waals surface area contributed by atoms with Gasteiger partial charge in [-0.15, -0.1) is 0 Å². The highest BCUT2D eigenvalue weighted by atomic mass is 79.9. The number of hydrogen-bond acceptors (Lipinski definition) is 0. The summed E-state index contributed by atoms with van der Waals surface area (Å²) in [6.07, 6.45) is 10.8. The van der Waals surface area contributed by atoms with E-state index in [9.17, 15) is 0 Å². The number of rotatable bonds is 7. The molecule has 0 fully saturated rings. The van der Waals surface area contributed by atoms with Crippen molar-refractivity contribution in [3.8, 4) is 0 Å². The quantitative estimate of drug-likeness (QED) is 0.433. The SMILES string of the molecule is CCC(=CCCC(=CCBr)CC)CC. The molecule has 0 N–H and O–H groups in total. The number of allylic oxidation sites excluding steroid dienone is 4. The Morgan fingerprint density at radius 2 is 1.50 bits per heavy atom. The molecule has 0 spiro atoms. The molecule has 0 aromatic carbocycles. The summed E-state index contributed by atoms with van der Waals surface area (Å²) in [5.41, 5.74) is 3.17. The molecule has 1 heteroatoms. The lowest BCUT2D eigenvalue weighted by Crippen LogP contribution is -1.84. The van der Waals surface area contributed by atoms with Gasteiger partial charge in [0.05, 0.1) is 0 Å². The van der Waals surface area contributed by atoms with E-state index in [0.717, 1.165) is 5.33 Å². The first kappa shape index (κ1) is 14.0. The van der Waals surface area contributed by atoms with Gasteiger partial charge >= 0.3 is 0 Å². The summed E-state index contributed by atoms with van der Waals surface area (Å²) < 4.78 is 0. The molecule has 0 aliphatic rings. The number of alkyl halides is 1. The van der Waals surface area contributed by atoms with Crippen LogP contribution in [-0.2, 0) is 0 Å². The lowest BCUT2D eigenvalue weighted by atomic mass is 10.0. The fraction of sp³-hybridized carbons (Fsp3) is 0.692. The zero-order chi connectivity index (χ0) is 10.8. The van der Waals surface area contributed by atoms with Crippen molar-refractivity contribution in [3.05, 3.63) is 23.3 Å². The summed E-state index contributed by atoms with van der Waals surface area (Å²) in [4.78, 5) is 0. The van der Waals surface area contributed by atoms with E-state index in [-0.39, 0.29) is 0 Å². The maximum absolute atomic E-state index is 3.45. The lowest BCUT2D eigenvalue weighted by Gasteiger charge is -2.03. The average Bonchev–Trinajstić information content (AvgIpc) is 2.23. The summed E-state index contributed by atoms with van der Waals surface area (Å²) in [5, 5.41) is 0.994. The van der Waals surface area contributed by atoms with Crippen molar-refractivity contribution in [1.82, 2.24) is 0 Å². The van der Waals surface area contributed by atoms with E-state index in [2.05, 4.69) is 48.9 Å². The third-order valence-corrected chi connectivity index (χ3v) is 2.95. The van der Waals surface area contributed by atoms with Crippen LogP contribution in [0.1, 0.15) is 52.9 Å². The van der Waals surface area contributed by atoms with Crippen molar-refractivity contribution in [2.24, 2.45) is 0 Å². The maximum Gasteiger partial charge on any atom is 0.0214 e. The van der Waals surface area contributed by atoms with Crippen molar-refractivity contribution >= 4 is 15.9 Å². The molecule has 0 amide bonds. The van der Waals surface area contributed by atoms with Gasteiger partial charge in [-0.05, 0) is 32.1 Å². The second kappa shape index (κ2) is 9.51. The number of hydrogen-bond donors (Lipinski definition) is 0. The van der Waals surface area contributed by atoms with Gasteiger partial charge in [0.15, 0.2) is 0 Å². The highest BCUT2D eigenvalue weighted by Crippen LogP contribution is 2.14. The van der Waals surface area contributed by atoms with Crippen molar-refractivity contribution in [2.75, 3.05) is 5.33 Å². The summed E-state index contributed by atoms with van der Waals surface area (Å²) in [6.45, 7) is 6.72. The van der Waals surface area contributed by atoms with E-state index >= 15 is 0 Å². The van der Waals surface area contributed by atoms with Crippen LogP contribution in [0.3, 0.4) is 0 Å². The highest BCUT2D eigenvalue weighted by Gasteiger charge is 1.94. The van der Waals surface area contributed by atoms with Gasteiger partial charge in [-0.2, -0.15) is 0 Å². The van der Waals surface area contributed by atoms with Crippen molar-refractivity contribution in [3.63, 3.8) is 0 Å². The van der Waals surface area contributed by atoms with E-state index in [1.54, 1.807) is 11.1 Å². The Balaban J connectivity index is 3.91. The van der Waals surface area contributed by atoms with Gasteiger partial charge in [0.2, 0.25) is 0 Å². The number of halogens is 1. The first-order valence-electron chi connectivity index (χ1n) is 5.70. The molecule has 0 bridgehead atoms. The van der Waals surface area contributed by atoms with Crippen LogP contribution in [0.5, 0.6) is 0 Å². The van der Waals surface area contributed by atoms with Crippen molar-refractivity contribution < 1.29 is 0 Å². The largest absolute Gasteiger partial charge is 0.0883 e. The molecule has 0 atom stereocenters. The molecule has 0 unspecified atom stereocenters. The third-order valence-electron chi connectivity index (χ3n) is 2.63. The summed E-state index contributed by atoms with van der Waals surface area (Å²) in [6, 6.07) is 0. The van der Waals surface area contributed by atoms with Gasteiger partial charge in [-0.25, -0.2) is 0 Å². The van der Waals surface area contributed by atoms with Gasteiger partial charge in [0.1, 0.15) is 0 Å². The minimum Gasteiger partial charge on any atom is -0.0883 e. The average molecular weight is 259 g/mol. The second-order valence-corrected chi connectivity index (χ2v) is 4.13. The molecule has 82 valence electrons. The second-order valence-electron chi connectivity index (χ2n) is 3.48. The molecule has 0 aliphatic carbocycles. The smallest absolute Gasteiger partial charge is 0.0214 e. The Morgan fingerprint density at radius 3 is 1.93 bits per heavy atom. The molecule has 0 aliphatic heterocycles. The monoisotopic (exact) mass is 258 g/mol. The normalized spacial score (nSPS) is 11.6. The molecular weight excluding hydrogens is 236 g/mol. The zero-order valence-corrected chi connectivity index (χ0v) is 11.4. The van der Waals surface area contributed by atoms with Gasteiger partial charge in [-0.3, -0.25) is 0 Å². The molecule has 14 heavy (non-hydrogen) atoms. The van der Waals surface area contributed by atoms with Crippen LogP contribution in [0, 0.1) is 0 Å². The first-order chi connectivity index (χ1) is 6.78. The van der Waals surface area contributed by atoms with E-state index < -0.39 is 0 Å². The molecule has 0 heterocycles. The predicted octanol–water partition coefficient (Wildman–Crippen LogP) is 5.24. The van der Waals surface area contributed by atoms with Gasteiger partial charge in [-0.1, -0.05) is 60.0 Å². The van der Waals surface area contributed by atoms with E-state index in [0.29, 0.717) is 0 Å². The third kappa shape index (κ3) is 6.42. The Bertz CT molecular complexity index is 183. The molecule has 0 radical (unpaired) electrons. The summed E-state index contributed by atoms with van der Waals surface area (Å²) in [7, 11) is 0. The zero-order valence-electron chi connectivity index (χ0n) is 9.78. The van der Waals surface area contributed by atoms with Crippen LogP contribution in [0.15, 0.2) is 23.3 Å². The van der Waals surface area contributed by atoms with E-state index in [1.807, 2.05) is 0 Å². The van der Waals surface area contributed by atoms with Gasteiger partial charge < -0.3 is 0 Å². The summed E-state index contributed by atoms with van der Waals surface area (Å²) in [5.74, 6) is 0. The lowest BCUT2D eigenvalue weighted by molar-refractivity contribution is 0.878. The molecule has 0 aromatic rings. The Labute approximate surface area is 97.6 Å². The first-order valence-corrected chi connectivity index (χ1v) is 6.82. The maximum atomic E-state index is 3.45. The van der Waals surface area contributed by atoms with Crippen LogP contribution in [0.4, 0.5) is 0 Å². The van der Waals surface area contributed by atoms with Gasteiger partial charge in [0.25, 0.3) is 0 Å². The van der Waals surface area contributed by atoms with Crippen LogP contribution in [0.2, 0.25) is 0 Å².